The minimum absolute atomic E-state index is 0.150. The van der Waals surface area contributed by atoms with Gasteiger partial charge in [-0.25, -0.2) is 4.98 Å². The molecule has 0 spiro atoms. The van der Waals surface area contributed by atoms with Crippen LogP contribution in [-0.4, -0.2) is 30.1 Å². The van der Waals surface area contributed by atoms with E-state index in [0.717, 1.165) is 5.56 Å². The molecule has 0 aliphatic heterocycles. The molecule has 3 rings (SSSR count). The monoisotopic (exact) mass is 372 g/mol. The number of carbonyl (C=O) groups is 1. The lowest BCUT2D eigenvalue weighted by atomic mass is 10.1. The molecule has 1 heterocycles. The summed E-state index contributed by atoms with van der Waals surface area (Å²) in [7, 11) is 0. The fourth-order valence-electron chi connectivity index (χ4n) is 2.53. The van der Waals surface area contributed by atoms with Gasteiger partial charge in [0.25, 0.3) is 5.91 Å². The smallest absolute Gasteiger partial charge is 0.251 e. The highest BCUT2D eigenvalue weighted by Crippen LogP contribution is 2.20. The van der Waals surface area contributed by atoms with Crippen molar-refractivity contribution in [1.82, 2.24) is 10.3 Å². The first-order valence-electron chi connectivity index (χ1n) is 8.55. The molecule has 0 radical (unpaired) electrons. The first kappa shape index (κ1) is 18.4. The van der Waals surface area contributed by atoms with Crippen molar-refractivity contribution in [3.8, 4) is 0 Å². The Hall–Kier alpha value is -2.37. The van der Waals surface area contributed by atoms with Gasteiger partial charge in [-0.05, 0) is 49.7 Å². The number of aromatic nitrogens is 1. The Labute approximate surface area is 157 Å². The molecule has 0 unspecified atom stereocenters. The number of nitrogens with zero attached hydrogens (tertiary/aromatic N) is 1. The van der Waals surface area contributed by atoms with E-state index in [0.29, 0.717) is 47.1 Å². The second-order valence-electron chi connectivity index (χ2n) is 6.27. The summed E-state index contributed by atoms with van der Waals surface area (Å²) in [4.78, 5) is 16.7. The van der Waals surface area contributed by atoms with Crippen LogP contribution in [-0.2, 0) is 11.2 Å². The third kappa shape index (κ3) is 4.84. The van der Waals surface area contributed by atoms with E-state index < -0.39 is 0 Å². The van der Waals surface area contributed by atoms with Crippen molar-refractivity contribution in [2.24, 2.45) is 0 Å². The average Bonchev–Trinajstić information content (AvgIpc) is 3.01. The number of fused-ring (bicyclic) bond motifs is 1. The maximum absolute atomic E-state index is 12.2. The van der Waals surface area contributed by atoms with Gasteiger partial charge in [-0.15, -0.1) is 0 Å². The van der Waals surface area contributed by atoms with Gasteiger partial charge in [0, 0.05) is 23.6 Å². The Morgan fingerprint density at radius 2 is 2.00 bits per heavy atom. The van der Waals surface area contributed by atoms with Gasteiger partial charge in [0.05, 0.1) is 12.7 Å². The predicted molar refractivity (Wildman–Crippen MR) is 102 cm³/mol. The van der Waals surface area contributed by atoms with Gasteiger partial charge < -0.3 is 14.5 Å². The summed E-state index contributed by atoms with van der Waals surface area (Å²) < 4.78 is 11.2. The van der Waals surface area contributed by atoms with E-state index in [-0.39, 0.29) is 12.0 Å². The van der Waals surface area contributed by atoms with Crippen LogP contribution >= 0.6 is 11.6 Å². The quantitative estimate of drug-likeness (QED) is 0.630. The molecule has 26 heavy (non-hydrogen) atoms. The zero-order valence-corrected chi connectivity index (χ0v) is 15.5. The lowest BCUT2D eigenvalue weighted by Crippen LogP contribution is -2.28. The second-order valence-corrected chi connectivity index (χ2v) is 6.71. The predicted octanol–water partition coefficient (Wildman–Crippen LogP) is 4.23. The van der Waals surface area contributed by atoms with Gasteiger partial charge in [0.1, 0.15) is 5.52 Å². The van der Waals surface area contributed by atoms with Gasteiger partial charge in [0.15, 0.2) is 11.5 Å². The maximum atomic E-state index is 12.2. The van der Waals surface area contributed by atoms with Gasteiger partial charge in [0.2, 0.25) is 0 Å². The number of amides is 1. The molecule has 0 aliphatic carbocycles. The summed E-state index contributed by atoms with van der Waals surface area (Å²) in [6.45, 7) is 4.88. The Morgan fingerprint density at radius 3 is 2.73 bits per heavy atom. The number of benzene rings is 2. The van der Waals surface area contributed by atoms with E-state index in [1.165, 1.54) is 0 Å². The first-order chi connectivity index (χ1) is 12.5. The topological polar surface area (TPSA) is 64.4 Å². The van der Waals surface area contributed by atoms with Crippen molar-refractivity contribution in [2.75, 3.05) is 13.2 Å². The molecule has 6 heteroatoms. The van der Waals surface area contributed by atoms with Crippen LogP contribution in [0.25, 0.3) is 11.1 Å². The molecule has 0 saturated heterocycles. The van der Waals surface area contributed by atoms with Crippen LogP contribution in [0.1, 0.15) is 35.7 Å². The summed E-state index contributed by atoms with van der Waals surface area (Å²) in [6.07, 6.45) is 0.720. The number of hydrogen-bond donors (Lipinski definition) is 1. The molecule has 1 amide bonds. The number of halogens is 1. The normalized spacial score (nSPS) is 11.2. The SMILES string of the molecule is CC(C)OCCNC(=O)c1ccc2oc(Cc3ccc(Cl)cc3)nc2c1. The van der Waals surface area contributed by atoms with E-state index in [1.54, 1.807) is 18.2 Å². The summed E-state index contributed by atoms with van der Waals surface area (Å²) in [5, 5.41) is 3.53. The fourth-order valence-corrected chi connectivity index (χ4v) is 2.66. The number of carbonyl (C=O) groups excluding carboxylic acids is 1. The largest absolute Gasteiger partial charge is 0.440 e. The molecule has 1 N–H and O–H groups in total. The Morgan fingerprint density at radius 1 is 1.23 bits per heavy atom. The number of nitrogens with one attached hydrogen (secondary N) is 1. The summed E-state index contributed by atoms with van der Waals surface area (Å²) in [6, 6.07) is 12.8. The second kappa shape index (κ2) is 8.34. The highest BCUT2D eigenvalue weighted by atomic mass is 35.5. The molecule has 1 aromatic heterocycles. The zero-order valence-electron chi connectivity index (χ0n) is 14.8. The van der Waals surface area contributed by atoms with E-state index in [1.807, 2.05) is 38.1 Å². The zero-order chi connectivity index (χ0) is 18.5. The van der Waals surface area contributed by atoms with Crippen LogP contribution in [0, 0.1) is 0 Å². The third-order valence-electron chi connectivity index (χ3n) is 3.80. The van der Waals surface area contributed by atoms with E-state index in [4.69, 9.17) is 20.8 Å². The number of ether oxygens (including phenoxy) is 1. The molecule has 0 saturated carbocycles. The van der Waals surface area contributed by atoms with Crippen LogP contribution in [0.4, 0.5) is 0 Å². The highest BCUT2D eigenvalue weighted by molar-refractivity contribution is 6.30. The number of oxazole rings is 1. The third-order valence-corrected chi connectivity index (χ3v) is 4.05. The van der Waals surface area contributed by atoms with Crippen LogP contribution in [0.5, 0.6) is 0 Å². The van der Waals surface area contributed by atoms with Gasteiger partial charge in [-0.1, -0.05) is 23.7 Å². The number of rotatable bonds is 7. The molecule has 136 valence electrons. The molecular formula is C20H21ClN2O3. The lowest BCUT2D eigenvalue weighted by molar-refractivity contribution is 0.0746. The highest BCUT2D eigenvalue weighted by Gasteiger charge is 2.11. The Bertz CT molecular complexity index is 888. The van der Waals surface area contributed by atoms with Crippen LogP contribution in [0.2, 0.25) is 5.02 Å². The van der Waals surface area contributed by atoms with E-state index in [9.17, 15) is 4.79 Å². The lowest BCUT2D eigenvalue weighted by Gasteiger charge is -2.08. The van der Waals surface area contributed by atoms with Gasteiger partial charge in [-0.2, -0.15) is 0 Å². The molecule has 5 nitrogen and oxygen atoms in total. The van der Waals surface area contributed by atoms with Crippen molar-refractivity contribution < 1.29 is 13.9 Å². The Kier molecular flexibility index (Phi) is 5.91. The van der Waals surface area contributed by atoms with Crippen molar-refractivity contribution in [3.63, 3.8) is 0 Å². The van der Waals surface area contributed by atoms with E-state index >= 15 is 0 Å². The molecule has 0 fully saturated rings. The van der Waals surface area contributed by atoms with E-state index in [2.05, 4.69) is 10.3 Å². The maximum Gasteiger partial charge on any atom is 0.251 e. The Balaban J connectivity index is 1.66. The van der Waals surface area contributed by atoms with Gasteiger partial charge >= 0.3 is 0 Å². The van der Waals surface area contributed by atoms with Crippen molar-refractivity contribution in [3.05, 3.63) is 64.5 Å². The molecule has 0 atom stereocenters. The molecule has 2 aromatic carbocycles. The number of hydrogen-bond acceptors (Lipinski definition) is 4. The minimum atomic E-state index is -0.151. The van der Waals surface area contributed by atoms with Gasteiger partial charge in [-0.3, -0.25) is 4.79 Å². The summed E-state index contributed by atoms with van der Waals surface area (Å²) in [5.74, 6) is 0.451. The van der Waals surface area contributed by atoms with Crippen LogP contribution in [0.15, 0.2) is 46.9 Å². The van der Waals surface area contributed by atoms with Crippen molar-refractivity contribution in [2.45, 2.75) is 26.4 Å². The summed E-state index contributed by atoms with van der Waals surface area (Å²) >= 11 is 5.90. The molecule has 3 aromatic rings. The minimum Gasteiger partial charge on any atom is -0.440 e. The summed E-state index contributed by atoms with van der Waals surface area (Å²) in [5.41, 5.74) is 2.94. The average molecular weight is 373 g/mol. The van der Waals surface area contributed by atoms with Crippen LogP contribution < -0.4 is 5.32 Å². The molecular weight excluding hydrogens is 352 g/mol. The molecule has 0 aliphatic rings. The fraction of sp³-hybridized carbons (Fsp3) is 0.300. The molecule has 0 bridgehead atoms. The first-order valence-corrected chi connectivity index (χ1v) is 8.93. The van der Waals surface area contributed by atoms with Crippen LogP contribution in [0.3, 0.4) is 0 Å². The standard InChI is InChI=1S/C20H21ClN2O3/c1-13(2)25-10-9-22-20(24)15-5-8-18-17(12-15)23-19(26-18)11-14-3-6-16(21)7-4-14/h3-8,12-13H,9-11H2,1-2H3,(H,22,24). The van der Waals surface area contributed by atoms with Crippen molar-refractivity contribution >= 4 is 28.6 Å². The van der Waals surface area contributed by atoms with Crippen molar-refractivity contribution in [1.29, 1.82) is 0 Å².